The fourth-order valence-corrected chi connectivity index (χ4v) is 6.36. The highest BCUT2D eigenvalue weighted by Crippen LogP contribution is 2.46. The monoisotopic (exact) mass is 612 g/mol. The molecule has 6 rings (SSSR count). The van der Waals surface area contributed by atoms with Crippen LogP contribution in [0.15, 0.2) is 82.5 Å². The number of aromatic nitrogens is 1. The molecule has 0 bridgehead atoms. The number of Topliss-reactive ketones (excluding diaryl/α,β-unsaturated/α-hetero) is 1. The van der Waals surface area contributed by atoms with Gasteiger partial charge in [0, 0.05) is 5.39 Å². The fraction of sp³-hybridized carbons (Fsp3) is 0.265. The summed E-state index contributed by atoms with van der Waals surface area (Å²) in [5.74, 6) is -0.311. The van der Waals surface area contributed by atoms with Crippen LogP contribution in [0.2, 0.25) is 0 Å². The molecule has 1 amide bonds. The molecule has 1 atom stereocenters. The molecule has 1 aliphatic rings. The number of benzene rings is 3. The third kappa shape index (κ3) is 5.37. The van der Waals surface area contributed by atoms with E-state index in [1.54, 1.807) is 30.3 Å². The number of aliphatic hydroxyl groups excluding tert-OH is 1. The van der Waals surface area contributed by atoms with Crippen LogP contribution in [-0.4, -0.2) is 42.1 Å². The fourth-order valence-electron chi connectivity index (χ4n) is 5.34. The Kier molecular flexibility index (Phi) is 8.25. The van der Waals surface area contributed by atoms with Gasteiger partial charge < -0.3 is 23.7 Å². The average molecular weight is 613 g/mol. The predicted molar refractivity (Wildman–Crippen MR) is 169 cm³/mol. The third-order valence-corrected chi connectivity index (χ3v) is 8.49. The van der Waals surface area contributed by atoms with Gasteiger partial charge in [-0.3, -0.25) is 14.5 Å². The van der Waals surface area contributed by atoms with Crippen LogP contribution < -0.4 is 19.1 Å². The number of nitrogens with zero attached hydrogens (tertiary/aromatic N) is 2. The summed E-state index contributed by atoms with van der Waals surface area (Å²) in [6.07, 6.45) is 3.02. The zero-order valence-corrected chi connectivity index (χ0v) is 25.5. The molecule has 3 heterocycles. The number of hydrogen-bond donors (Lipinski definition) is 1. The number of rotatable bonds is 12. The second kappa shape index (κ2) is 12.4. The molecule has 0 fully saturated rings. The minimum absolute atomic E-state index is 0.0147. The van der Waals surface area contributed by atoms with Gasteiger partial charge in [0.05, 0.1) is 42.2 Å². The van der Waals surface area contributed by atoms with Gasteiger partial charge in [-0.1, -0.05) is 55.4 Å². The van der Waals surface area contributed by atoms with E-state index in [1.165, 1.54) is 23.3 Å². The van der Waals surface area contributed by atoms with E-state index in [4.69, 9.17) is 23.6 Å². The molecule has 5 aromatic rings. The molecule has 1 aliphatic heterocycles. The number of carbonyl (C=O) groups is 2. The molecule has 2 aromatic heterocycles. The summed E-state index contributed by atoms with van der Waals surface area (Å²) in [7, 11) is 1.53. The van der Waals surface area contributed by atoms with E-state index >= 15 is 0 Å². The summed E-state index contributed by atoms with van der Waals surface area (Å²) >= 11 is 1.27. The van der Waals surface area contributed by atoms with E-state index in [-0.39, 0.29) is 11.3 Å². The second-order valence-electron chi connectivity index (χ2n) is 10.3. The molecule has 0 radical (unpaired) electrons. The summed E-state index contributed by atoms with van der Waals surface area (Å²) < 4.78 is 24.0. The molecule has 10 heteroatoms. The molecule has 3 aromatic carbocycles. The molecule has 0 unspecified atom stereocenters. The van der Waals surface area contributed by atoms with Crippen molar-refractivity contribution in [1.82, 2.24) is 4.98 Å². The first-order chi connectivity index (χ1) is 21.4. The van der Waals surface area contributed by atoms with Crippen LogP contribution in [0.25, 0.3) is 21.2 Å². The van der Waals surface area contributed by atoms with E-state index < -0.39 is 23.5 Å². The SMILES string of the molecule is CCCCCOc1ccc([C@@H]2C(C(=O)c3cc4ccccc4o3)=C(O)C(=O)N2c2nc3ccc(OCC)cc3s2)cc1OC. The Bertz CT molecular complexity index is 1860. The number of fused-ring (bicyclic) bond motifs is 2. The van der Waals surface area contributed by atoms with Crippen molar-refractivity contribution in [3.05, 3.63) is 89.4 Å². The van der Waals surface area contributed by atoms with Gasteiger partial charge in [0.25, 0.3) is 5.91 Å². The van der Waals surface area contributed by atoms with Crippen molar-refractivity contribution < 1.29 is 33.3 Å². The number of para-hydroxylation sites is 1. The highest BCUT2D eigenvalue weighted by atomic mass is 32.1. The van der Waals surface area contributed by atoms with E-state index in [0.717, 1.165) is 29.3 Å². The van der Waals surface area contributed by atoms with Crippen LogP contribution in [0, 0.1) is 0 Å². The highest BCUT2D eigenvalue weighted by Gasteiger charge is 2.47. The minimum Gasteiger partial charge on any atom is -0.503 e. The van der Waals surface area contributed by atoms with Crippen LogP contribution in [0.3, 0.4) is 0 Å². The van der Waals surface area contributed by atoms with Gasteiger partial charge in [0.1, 0.15) is 11.3 Å². The number of ketones is 1. The molecule has 0 saturated carbocycles. The maximum Gasteiger partial charge on any atom is 0.296 e. The number of aliphatic hydroxyl groups is 1. The lowest BCUT2D eigenvalue weighted by atomic mass is 9.95. The van der Waals surface area contributed by atoms with E-state index in [0.29, 0.717) is 52.3 Å². The number of unbranched alkanes of at least 4 members (excludes halogenated alkanes) is 2. The Balaban J connectivity index is 1.45. The topological polar surface area (TPSA) is 111 Å². The Morgan fingerprint density at radius 2 is 1.86 bits per heavy atom. The number of amides is 1. The van der Waals surface area contributed by atoms with Gasteiger partial charge in [-0.15, -0.1) is 0 Å². The second-order valence-corrected chi connectivity index (χ2v) is 11.4. The minimum atomic E-state index is -1.02. The molecular formula is C34H32N2O7S. The Labute approximate surface area is 258 Å². The molecule has 9 nitrogen and oxygen atoms in total. The Morgan fingerprint density at radius 1 is 1.02 bits per heavy atom. The van der Waals surface area contributed by atoms with Gasteiger partial charge >= 0.3 is 0 Å². The first-order valence-corrected chi connectivity index (χ1v) is 15.4. The maximum absolute atomic E-state index is 14.1. The smallest absolute Gasteiger partial charge is 0.296 e. The van der Waals surface area contributed by atoms with Crippen LogP contribution in [-0.2, 0) is 4.79 Å². The number of furan rings is 1. The van der Waals surface area contributed by atoms with Crippen molar-refractivity contribution in [3.63, 3.8) is 0 Å². The van der Waals surface area contributed by atoms with Gasteiger partial charge in [-0.05, 0) is 61.4 Å². The Hall–Kier alpha value is -4.83. The molecular weight excluding hydrogens is 580 g/mol. The largest absolute Gasteiger partial charge is 0.503 e. The summed E-state index contributed by atoms with van der Waals surface area (Å²) in [6, 6.07) is 18.6. The molecule has 0 aliphatic carbocycles. The number of ether oxygens (including phenoxy) is 3. The van der Waals surface area contributed by atoms with E-state index in [9.17, 15) is 14.7 Å². The van der Waals surface area contributed by atoms with Crippen molar-refractivity contribution in [1.29, 1.82) is 0 Å². The van der Waals surface area contributed by atoms with Crippen molar-refractivity contribution in [2.24, 2.45) is 0 Å². The van der Waals surface area contributed by atoms with Crippen molar-refractivity contribution >= 4 is 49.3 Å². The van der Waals surface area contributed by atoms with Crippen molar-refractivity contribution in [2.75, 3.05) is 25.2 Å². The summed E-state index contributed by atoms with van der Waals surface area (Å²) in [5, 5.41) is 12.3. The average Bonchev–Trinajstić information content (AvgIpc) is 3.73. The van der Waals surface area contributed by atoms with Gasteiger partial charge in [0.2, 0.25) is 5.78 Å². The van der Waals surface area contributed by atoms with Crippen molar-refractivity contribution in [2.45, 2.75) is 39.2 Å². The van der Waals surface area contributed by atoms with Crippen LogP contribution in [0.1, 0.15) is 55.3 Å². The number of hydrogen-bond acceptors (Lipinski definition) is 9. The van der Waals surface area contributed by atoms with Crippen LogP contribution >= 0.6 is 11.3 Å². The van der Waals surface area contributed by atoms with Crippen LogP contribution in [0.5, 0.6) is 17.2 Å². The predicted octanol–water partition coefficient (Wildman–Crippen LogP) is 7.80. The standard InChI is InChI=1S/C34H32N2O7S/c1-4-6-9-16-42-25-15-12-21(18-26(25)40-3)30-29(31(37)27-17-20-10-7-8-11-24(20)43-27)32(38)33(39)36(30)34-35-23-14-13-22(41-5-2)19-28(23)44-34/h7-8,10-15,17-19,30,38H,4-6,9,16H2,1-3H3/t30-/m1/s1. The molecule has 44 heavy (non-hydrogen) atoms. The summed E-state index contributed by atoms with van der Waals surface area (Å²) in [6.45, 7) is 5.07. The summed E-state index contributed by atoms with van der Waals surface area (Å²) in [5.41, 5.74) is 1.61. The lowest BCUT2D eigenvalue weighted by Crippen LogP contribution is -2.31. The van der Waals surface area contributed by atoms with Crippen LogP contribution in [0.4, 0.5) is 5.13 Å². The van der Waals surface area contributed by atoms with E-state index in [2.05, 4.69) is 6.92 Å². The summed E-state index contributed by atoms with van der Waals surface area (Å²) in [4.78, 5) is 33.9. The Morgan fingerprint density at radius 3 is 2.64 bits per heavy atom. The number of methoxy groups -OCH3 is 1. The van der Waals surface area contributed by atoms with Gasteiger partial charge in [0.15, 0.2) is 28.1 Å². The first kappa shape index (κ1) is 29.3. The normalized spacial score (nSPS) is 15.0. The molecule has 1 N–H and O–H groups in total. The lowest BCUT2D eigenvalue weighted by Gasteiger charge is -2.25. The van der Waals surface area contributed by atoms with Gasteiger partial charge in [-0.2, -0.15) is 0 Å². The third-order valence-electron chi connectivity index (χ3n) is 7.48. The molecule has 0 spiro atoms. The number of carbonyl (C=O) groups excluding carboxylic acids is 2. The number of thiazole rings is 1. The molecule has 226 valence electrons. The molecule has 0 saturated heterocycles. The maximum atomic E-state index is 14.1. The zero-order chi connectivity index (χ0) is 30.8. The number of anilines is 1. The van der Waals surface area contributed by atoms with Gasteiger partial charge in [-0.25, -0.2) is 4.98 Å². The lowest BCUT2D eigenvalue weighted by molar-refractivity contribution is -0.117. The van der Waals surface area contributed by atoms with Crippen molar-refractivity contribution in [3.8, 4) is 17.2 Å². The quantitative estimate of drug-likeness (QED) is 0.112. The highest BCUT2D eigenvalue weighted by molar-refractivity contribution is 7.22. The first-order valence-electron chi connectivity index (χ1n) is 14.6. The zero-order valence-electron chi connectivity index (χ0n) is 24.7. The van der Waals surface area contributed by atoms with E-state index in [1.807, 2.05) is 43.3 Å².